The molecular weight excluding hydrogens is 404 g/mol. The Balaban J connectivity index is 1.32. The lowest BCUT2D eigenvalue weighted by molar-refractivity contribution is -0.115. The molecule has 2 aromatic carbocycles. The quantitative estimate of drug-likeness (QED) is 0.448. The number of thiazole rings is 1. The number of anilines is 2. The highest BCUT2D eigenvalue weighted by Crippen LogP contribution is 2.31. The summed E-state index contributed by atoms with van der Waals surface area (Å²) in [6.07, 6.45) is 5.96. The molecule has 2 N–H and O–H groups in total. The minimum Gasteiger partial charge on any atom is -0.371 e. The van der Waals surface area contributed by atoms with Gasteiger partial charge in [-0.1, -0.05) is 22.9 Å². The number of benzene rings is 2. The molecule has 5 nitrogen and oxygen atoms in total. The predicted octanol–water partition coefficient (Wildman–Crippen LogP) is 5.60. The van der Waals surface area contributed by atoms with Crippen molar-refractivity contribution < 1.29 is 4.79 Å². The Morgan fingerprint density at radius 1 is 1.17 bits per heavy atom. The number of halogens is 1. The fraction of sp³-hybridized carbons (Fsp3) is 0.273. The van der Waals surface area contributed by atoms with Gasteiger partial charge < -0.3 is 15.2 Å². The molecule has 5 rings (SSSR count). The van der Waals surface area contributed by atoms with Gasteiger partial charge in [0.25, 0.3) is 0 Å². The van der Waals surface area contributed by atoms with E-state index in [1.54, 1.807) is 0 Å². The van der Waals surface area contributed by atoms with Gasteiger partial charge in [0.15, 0.2) is 5.13 Å². The van der Waals surface area contributed by atoms with Gasteiger partial charge in [0.05, 0.1) is 16.6 Å². The smallest absolute Gasteiger partial charge is 0.230 e. The van der Waals surface area contributed by atoms with Gasteiger partial charge in [-0.3, -0.25) is 4.79 Å². The van der Waals surface area contributed by atoms with Crippen molar-refractivity contribution in [3.05, 3.63) is 53.2 Å². The Morgan fingerprint density at radius 3 is 2.90 bits per heavy atom. The topological polar surface area (TPSA) is 61.0 Å². The molecule has 0 atom stereocenters. The minimum atomic E-state index is -0.0822. The van der Waals surface area contributed by atoms with Gasteiger partial charge in [0.2, 0.25) is 5.91 Å². The number of hydrogen-bond donors (Lipinski definition) is 2. The lowest BCUT2D eigenvalue weighted by atomic mass is 10.1. The van der Waals surface area contributed by atoms with E-state index in [2.05, 4.69) is 32.3 Å². The SMILES string of the molecule is O=C(Cc1c[nH]c2ccc(Cl)cc12)Nc1nc2ccc(N3CCCCC3)cc2s1. The van der Waals surface area contributed by atoms with Gasteiger partial charge in [-0.05, 0) is 61.2 Å². The molecule has 1 saturated heterocycles. The summed E-state index contributed by atoms with van der Waals surface area (Å²) < 4.78 is 1.10. The van der Waals surface area contributed by atoms with Gasteiger partial charge >= 0.3 is 0 Å². The average Bonchev–Trinajstić information content (AvgIpc) is 3.31. The summed E-state index contributed by atoms with van der Waals surface area (Å²) in [7, 11) is 0. The van der Waals surface area contributed by atoms with E-state index in [-0.39, 0.29) is 12.3 Å². The molecule has 0 spiro atoms. The number of aromatic nitrogens is 2. The average molecular weight is 425 g/mol. The predicted molar refractivity (Wildman–Crippen MR) is 121 cm³/mol. The Labute approximate surface area is 177 Å². The summed E-state index contributed by atoms with van der Waals surface area (Å²) >= 11 is 7.63. The standard InChI is InChI=1S/C22H21ClN4OS/c23-15-4-6-18-17(11-15)14(13-24-18)10-21(28)26-22-25-19-7-5-16(12-20(19)29-22)27-8-2-1-3-9-27/h4-7,11-13,24H,1-3,8-10H2,(H,25,26,28). The largest absolute Gasteiger partial charge is 0.371 e. The molecule has 148 valence electrons. The first-order valence-electron chi connectivity index (χ1n) is 9.87. The zero-order chi connectivity index (χ0) is 19.8. The number of carbonyl (C=O) groups is 1. The van der Waals surface area contributed by atoms with Gasteiger partial charge in [-0.2, -0.15) is 0 Å². The van der Waals surface area contributed by atoms with E-state index in [4.69, 9.17) is 11.6 Å². The molecule has 1 aliphatic rings. The van der Waals surface area contributed by atoms with Crippen LogP contribution in [-0.4, -0.2) is 29.0 Å². The van der Waals surface area contributed by atoms with Crippen LogP contribution in [-0.2, 0) is 11.2 Å². The Morgan fingerprint density at radius 2 is 2.03 bits per heavy atom. The number of carbonyl (C=O) groups excluding carboxylic acids is 1. The fourth-order valence-corrected chi connectivity index (χ4v) is 5.04. The third-order valence-electron chi connectivity index (χ3n) is 5.42. The van der Waals surface area contributed by atoms with Crippen LogP contribution in [0.1, 0.15) is 24.8 Å². The number of amides is 1. The lowest BCUT2D eigenvalue weighted by Gasteiger charge is -2.28. The van der Waals surface area contributed by atoms with Gasteiger partial charge in [0.1, 0.15) is 0 Å². The van der Waals surface area contributed by atoms with Crippen LogP contribution in [0.5, 0.6) is 0 Å². The summed E-state index contributed by atoms with van der Waals surface area (Å²) in [4.78, 5) is 22.8. The normalized spacial score (nSPS) is 14.6. The van der Waals surface area contributed by atoms with Crippen LogP contribution in [0.25, 0.3) is 21.1 Å². The lowest BCUT2D eigenvalue weighted by Crippen LogP contribution is -2.29. The molecule has 1 fully saturated rings. The van der Waals surface area contributed by atoms with Crippen LogP contribution < -0.4 is 10.2 Å². The van der Waals surface area contributed by atoms with E-state index in [1.165, 1.54) is 36.3 Å². The number of nitrogens with one attached hydrogen (secondary N) is 2. The molecule has 0 aliphatic carbocycles. The fourth-order valence-electron chi connectivity index (χ4n) is 3.95. The van der Waals surface area contributed by atoms with E-state index in [1.807, 2.05) is 30.5 Å². The first-order chi connectivity index (χ1) is 14.2. The van der Waals surface area contributed by atoms with Crippen molar-refractivity contribution in [1.29, 1.82) is 0 Å². The number of H-pyrrole nitrogens is 1. The summed E-state index contributed by atoms with van der Waals surface area (Å²) in [6.45, 7) is 2.23. The monoisotopic (exact) mass is 424 g/mol. The van der Waals surface area contributed by atoms with Crippen molar-refractivity contribution in [2.45, 2.75) is 25.7 Å². The number of fused-ring (bicyclic) bond motifs is 2. The van der Waals surface area contributed by atoms with Crippen LogP contribution in [0.2, 0.25) is 5.02 Å². The molecule has 0 bridgehead atoms. The van der Waals surface area contributed by atoms with Crippen LogP contribution in [0.3, 0.4) is 0 Å². The molecule has 1 amide bonds. The molecular formula is C22H21ClN4OS. The highest BCUT2D eigenvalue weighted by atomic mass is 35.5. The second-order valence-electron chi connectivity index (χ2n) is 7.45. The molecule has 0 unspecified atom stereocenters. The summed E-state index contributed by atoms with van der Waals surface area (Å²) in [5.74, 6) is -0.0822. The Bertz CT molecular complexity index is 1190. The first kappa shape index (κ1) is 18.5. The summed E-state index contributed by atoms with van der Waals surface area (Å²) in [5.41, 5.74) is 4.07. The summed E-state index contributed by atoms with van der Waals surface area (Å²) in [6, 6.07) is 12.0. The van der Waals surface area contributed by atoms with E-state index < -0.39 is 0 Å². The van der Waals surface area contributed by atoms with Gasteiger partial charge in [0, 0.05) is 40.9 Å². The highest BCUT2D eigenvalue weighted by molar-refractivity contribution is 7.22. The Hall–Kier alpha value is -2.57. The van der Waals surface area contributed by atoms with E-state index >= 15 is 0 Å². The molecule has 7 heteroatoms. The van der Waals surface area contributed by atoms with Crippen LogP contribution in [0.15, 0.2) is 42.6 Å². The van der Waals surface area contributed by atoms with E-state index in [0.717, 1.165) is 39.8 Å². The molecule has 1 aliphatic heterocycles. The number of rotatable bonds is 4. The second-order valence-corrected chi connectivity index (χ2v) is 8.91. The zero-order valence-corrected chi connectivity index (χ0v) is 17.4. The molecule has 0 radical (unpaired) electrons. The number of hydrogen-bond acceptors (Lipinski definition) is 4. The molecule has 4 aromatic rings. The van der Waals surface area contributed by atoms with Crippen molar-refractivity contribution in [3.63, 3.8) is 0 Å². The van der Waals surface area contributed by atoms with Crippen molar-refractivity contribution in [2.24, 2.45) is 0 Å². The minimum absolute atomic E-state index is 0.0822. The maximum atomic E-state index is 12.6. The number of aromatic amines is 1. The van der Waals surface area contributed by atoms with Crippen molar-refractivity contribution >= 4 is 60.8 Å². The maximum Gasteiger partial charge on any atom is 0.230 e. The Kier molecular flexibility index (Phi) is 4.89. The molecule has 0 saturated carbocycles. The highest BCUT2D eigenvalue weighted by Gasteiger charge is 2.14. The van der Waals surface area contributed by atoms with Crippen LogP contribution >= 0.6 is 22.9 Å². The van der Waals surface area contributed by atoms with Crippen molar-refractivity contribution in [1.82, 2.24) is 9.97 Å². The van der Waals surface area contributed by atoms with Crippen molar-refractivity contribution in [3.8, 4) is 0 Å². The van der Waals surface area contributed by atoms with Gasteiger partial charge in [-0.25, -0.2) is 4.98 Å². The maximum absolute atomic E-state index is 12.6. The third-order valence-corrected chi connectivity index (χ3v) is 6.59. The van der Waals surface area contributed by atoms with Crippen molar-refractivity contribution in [2.75, 3.05) is 23.3 Å². The first-order valence-corrected chi connectivity index (χ1v) is 11.1. The van der Waals surface area contributed by atoms with E-state index in [9.17, 15) is 4.79 Å². The zero-order valence-electron chi connectivity index (χ0n) is 15.9. The van der Waals surface area contributed by atoms with E-state index in [0.29, 0.717) is 10.2 Å². The van der Waals surface area contributed by atoms with Crippen LogP contribution in [0.4, 0.5) is 10.8 Å². The summed E-state index contributed by atoms with van der Waals surface area (Å²) in [5, 5.41) is 5.23. The molecule has 3 heterocycles. The second kappa shape index (κ2) is 7.69. The number of piperidine rings is 1. The number of nitrogens with zero attached hydrogens (tertiary/aromatic N) is 2. The van der Waals surface area contributed by atoms with Gasteiger partial charge in [-0.15, -0.1) is 0 Å². The third kappa shape index (κ3) is 3.82. The van der Waals surface area contributed by atoms with Crippen LogP contribution in [0, 0.1) is 0 Å². The molecule has 2 aromatic heterocycles. The molecule has 29 heavy (non-hydrogen) atoms.